The molecule has 2 fully saturated rings. The van der Waals surface area contributed by atoms with E-state index in [-0.39, 0.29) is 25.3 Å². The number of carbonyl (C=O) groups is 4. The molecule has 12 heteroatoms. The van der Waals surface area contributed by atoms with E-state index < -0.39 is 53.1 Å². The molecule has 1 aliphatic carbocycles. The van der Waals surface area contributed by atoms with Gasteiger partial charge in [-0.15, -0.1) is 6.58 Å². The van der Waals surface area contributed by atoms with Gasteiger partial charge in [0.2, 0.25) is 11.8 Å². The Bertz CT molecular complexity index is 1570. The van der Waals surface area contributed by atoms with Crippen molar-refractivity contribution in [1.82, 2.24) is 30.5 Å². The second kappa shape index (κ2) is 12.9. The van der Waals surface area contributed by atoms with E-state index in [0.29, 0.717) is 24.8 Å². The van der Waals surface area contributed by atoms with Gasteiger partial charge in [-0.1, -0.05) is 31.1 Å². The highest BCUT2D eigenvalue weighted by Gasteiger charge is 2.61. The lowest BCUT2D eigenvalue weighted by atomic mass is 9.99. The second-order valence-electron chi connectivity index (χ2n) is 13.9. The normalized spacial score (nSPS) is 27.9. The fourth-order valence-corrected chi connectivity index (χ4v) is 6.62. The Kier molecular flexibility index (Phi) is 9.28. The summed E-state index contributed by atoms with van der Waals surface area (Å²) in [5, 5.41) is 25.3. The van der Waals surface area contributed by atoms with E-state index in [2.05, 4.69) is 17.2 Å². The number of carboxylic acids is 1. The van der Waals surface area contributed by atoms with Crippen LogP contribution < -0.4 is 10.6 Å². The number of alkyl carbamates (subject to hydrolysis) is 1. The Morgan fingerprint density at radius 1 is 1.20 bits per heavy atom. The molecule has 1 saturated carbocycles. The van der Waals surface area contributed by atoms with Gasteiger partial charge in [0.15, 0.2) is 0 Å². The zero-order chi connectivity index (χ0) is 33.4. The monoisotopic (exact) mass is 634 g/mol. The fourth-order valence-electron chi connectivity index (χ4n) is 6.62. The predicted octanol–water partition coefficient (Wildman–Crippen LogP) is 4.29. The summed E-state index contributed by atoms with van der Waals surface area (Å²) in [6, 6.07) is -0.373. The van der Waals surface area contributed by atoms with Gasteiger partial charge in [-0.2, -0.15) is 15.0 Å². The molecule has 3 heterocycles. The number of hydrogen-bond donors (Lipinski definition) is 3. The number of aromatic nitrogens is 3. The lowest BCUT2D eigenvalue weighted by Gasteiger charge is -2.30. The molecule has 0 spiro atoms. The zero-order valence-corrected chi connectivity index (χ0v) is 27.5. The highest BCUT2D eigenvalue weighted by molar-refractivity contribution is 5.96. The van der Waals surface area contributed by atoms with Crippen molar-refractivity contribution in [3.8, 4) is 0 Å². The molecule has 5 rings (SSSR count). The van der Waals surface area contributed by atoms with Gasteiger partial charge < -0.3 is 25.4 Å². The maximum Gasteiger partial charge on any atom is 0.408 e. The number of nitrogens with one attached hydrogen (secondary N) is 2. The minimum absolute atomic E-state index is 0.116. The minimum atomic E-state index is -1.41. The maximum absolute atomic E-state index is 14.3. The van der Waals surface area contributed by atoms with Gasteiger partial charge in [-0.25, -0.2) is 9.59 Å². The first-order valence-corrected chi connectivity index (χ1v) is 16.2. The van der Waals surface area contributed by atoms with E-state index >= 15 is 0 Å². The lowest BCUT2D eigenvalue weighted by Crippen LogP contribution is -2.56. The average molecular weight is 635 g/mol. The van der Waals surface area contributed by atoms with Gasteiger partial charge in [-0.3, -0.25) is 9.59 Å². The van der Waals surface area contributed by atoms with Crippen LogP contribution in [-0.4, -0.2) is 78.6 Å². The predicted molar refractivity (Wildman–Crippen MR) is 172 cm³/mol. The van der Waals surface area contributed by atoms with Crippen LogP contribution >= 0.6 is 0 Å². The molecule has 5 atom stereocenters. The van der Waals surface area contributed by atoms with Gasteiger partial charge in [-0.05, 0) is 89.5 Å². The molecule has 2 aromatic rings. The van der Waals surface area contributed by atoms with Crippen LogP contribution in [0.5, 0.6) is 0 Å². The van der Waals surface area contributed by atoms with Crippen LogP contribution in [0.2, 0.25) is 0 Å². The van der Waals surface area contributed by atoms with Crippen molar-refractivity contribution in [2.75, 3.05) is 6.54 Å². The van der Waals surface area contributed by atoms with Crippen molar-refractivity contribution in [1.29, 1.82) is 0 Å². The number of hydrogen-bond acceptors (Lipinski definition) is 7. The molecule has 12 nitrogen and oxygen atoms in total. The highest BCUT2D eigenvalue weighted by Crippen LogP contribution is 2.45. The smallest absolute Gasteiger partial charge is 0.408 e. The zero-order valence-electron chi connectivity index (χ0n) is 27.5. The SMILES string of the molecule is C=CCc1cc2nn([C@H]3C[C@H]4C(=O)N[C@@]5(C(=O)O)C[C@H]5/C=C\CCCCC[C@@H](NC(=O)OC(C)(C)C)C(=O)N4C3)nc2c(C)c1C. The summed E-state index contributed by atoms with van der Waals surface area (Å²) in [6.45, 7) is 13.3. The minimum Gasteiger partial charge on any atom is -0.479 e. The molecule has 0 radical (unpaired) electrons. The van der Waals surface area contributed by atoms with Crippen LogP contribution in [0.15, 0.2) is 30.9 Å². The molecule has 0 bridgehead atoms. The number of ether oxygens (including phenoxy) is 1. The molecule has 3 aliphatic rings. The first kappa shape index (κ1) is 33.2. The molecule has 0 unspecified atom stereocenters. The Hall–Kier alpha value is -4.22. The third kappa shape index (κ3) is 6.80. The van der Waals surface area contributed by atoms with Crippen LogP contribution in [0.1, 0.15) is 88.4 Å². The number of fused-ring (bicyclic) bond motifs is 3. The summed E-state index contributed by atoms with van der Waals surface area (Å²) in [6.07, 6.45) is 9.62. The summed E-state index contributed by atoms with van der Waals surface area (Å²) in [5.74, 6) is -2.39. The van der Waals surface area contributed by atoms with E-state index in [1.54, 1.807) is 25.6 Å². The Labute approximate surface area is 269 Å². The summed E-state index contributed by atoms with van der Waals surface area (Å²) >= 11 is 0. The van der Waals surface area contributed by atoms with Crippen LogP contribution in [0, 0.1) is 19.8 Å². The maximum atomic E-state index is 14.3. The van der Waals surface area contributed by atoms with Crippen LogP contribution in [0.4, 0.5) is 4.79 Å². The molecule has 1 saturated heterocycles. The molecule has 3 amide bonds. The molecule has 1 aromatic heterocycles. The van der Waals surface area contributed by atoms with Gasteiger partial charge >= 0.3 is 12.1 Å². The van der Waals surface area contributed by atoms with E-state index in [1.807, 2.05) is 38.1 Å². The van der Waals surface area contributed by atoms with E-state index in [4.69, 9.17) is 14.9 Å². The average Bonchev–Trinajstić information content (AvgIpc) is 3.28. The van der Waals surface area contributed by atoms with Crippen molar-refractivity contribution < 1.29 is 29.0 Å². The van der Waals surface area contributed by atoms with Crippen molar-refractivity contribution in [3.05, 3.63) is 47.6 Å². The number of carbonyl (C=O) groups excluding carboxylic acids is 3. The first-order valence-electron chi connectivity index (χ1n) is 16.2. The Morgan fingerprint density at radius 3 is 2.65 bits per heavy atom. The largest absolute Gasteiger partial charge is 0.479 e. The quantitative estimate of drug-likeness (QED) is 0.412. The lowest BCUT2D eigenvalue weighted by molar-refractivity contribution is -0.145. The molecular weight excluding hydrogens is 588 g/mol. The Balaban J connectivity index is 1.49. The molecule has 46 heavy (non-hydrogen) atoms. The van der Waals surface area contributed by atoms with Crippen LogP contribution in [0.25, 0.3) is 11.0 Å². The van der Waals surface area contributed by atoms with Crippen LogP contribution in [-0.2, 0) is 25.5 Å². The number of nitrogens with zero attached hydrogens (tertiary/aromatic N) is 4. The number of allylic oxidation sites excluding steroid dienone is 2. The summed E-state index contributed by atoms with van der Waals surface area (Å²) < 4.78 is 5.47. The van der Waals surface area contributed by atoms with Crippen LogP contribution in [0.3, 0.4) is 0 Å². The van der Waals surface area contributed by atoms with E-state index in [1.165, 1.54) is 4.90 Å². The topological polar surface area (TPSA) is 156 Å². The third-order valence-electron chi connectivity index (χ3n) is 9.38. The van der Waals surface area contributed by atoms with Crippen molar-refractivity contribution in [2.45, 2.75) is 115 Å². The molecule has 3 N–H and O–H groups in total. The summed E-state index contributed by atoms with van der Waals surface area (Å²) in [7, 11) is 0. The first-order chi connectivity index (χ1) is 21.7. The third-order valence-corrected chi connectivity index (χ3v) is 9.38. The number of carboxylic acid groups (broad SMARTS) is 1. The van der Waals surface area contributed by atoms with E-state index in [0.717, 1.165) is 41.5 Å². The number of rotatable bonds is 5. The second-order valence-corrected chi connectivity index (χ2v) is 13.9. The van der Waals surface area contributed by atoms with Gasteiger partial charge in [0, 0.05) is 18.9 Å². The molecule has 248 valence electrons. The van der Waals surface area contributed by atoms with Crippen molar-refractivity contribution in [3.63, 3.8) is 0 Å². The Morgan fingerprint density at radius 2 is 1.96 bits per heavy atom. The molecule has 1 aromatic carbocycles. The van der Waals surface area contributed by atoms with Gasteiger partial charge in [0.25, 0.3) is 0 Å². The van der Waals surface area contributed by atoms with Crippen molar-refractivity contribution >= 4 is 34.9 Å². The van der Waals surface area contributed by atoms with Crippen molar-refractivity contribution in [2.24, 2.45) is 5.92 Å². The molecular formula is C34H46N6O6. The molecule has 2 aliphatic heterocycles. The number of amides is 3. The van der Waals surface area contributed by atoms with E-state index in [9.17, 15) is 24.3 Å². The standard InChI is InChI=1S/C34H46N6O6/c1-7-13-22-16-26-28(21(3)20(22)2)38-40(37-26)24-17-27-29(41)36-34(31(43)44)18-23(34)14-11-9-8-10-12-15-25(30(42)39(27)19-24)35-32(45)46-33(4,5)6/h7,11,14,16,23-25,27H,1,8-10,12-13,15,17-19H2,2-6H3,(H,35,45)(H,36,41)(H,43,44)/b14-11-/t23-,24+,25-,27+,34+/m1/s1. The van der Waals surface area contributed by atoms with Gasteiger partial charge in [0.1, 0.15) is 34.3 Å². The fraction of sp³-hybridized carbons (Fsp3) is 0.588. The summed E-state index contributed by atoms with van der Waals surface area (Å²) in [4.78, 5) is 56.5. The summed E-state index contributed by atoms with van der Waals surface area (Å²) in [5.41, 5.74) is 2.49. The van der Waals surface area contributed by atoms with Gasteiger partial charge in [0.05, 0.1) is 6.04 Å². The number of benzene rings is 1. The number of aliphatic carboxylic acids is 1. The number of aryl methyl sites for hydroxylation is 1. The highest BCUT2D eigenvalue weighted by atomic mass is 16.6.